The lowest BCUT2D eigenvalue weighted by Gasteiger charge is -2.18. The van der Waals surface area contributed by atoms with Crippen LogP contribution in [-0.4, -0.2) is 35.3 Å². The fraction of sp³-hybridized carbons (Fsp3) is 0.375. The molecule has 0 spiro atoms. The summed E-state index contributed by atoms with van der Waals surface area (Å²) in [7, 11) is 3.31. The third-order valence-corrected chi connectivity index (χ3v) is 4.86. The minimum atomic E-state index is -0.353. The molecule has 7 nitrogen and oxygen atoms in total. The Morgan fingerprint density at radius 2 is 2.08 bits per heavy atom. The van der Waals surface area contributed by atoms with Crippen molar-refractivity contribution in [3.8, 4) is 0 Å². The van der Waals surface area contributed by atoms with Gasteiger partial charge in [0.1, 0.15) is 32.8 Å². The molecule has 0 radical (unpaired) electrons. The number of ether oxygens (including phenoxy) is 1. The number of esters is 1. The maximum absolute atomic E-state index is 12.0. The third kappa shape index (κ3) is 2.84. The lowest BCUT2D eigenvalue weighted by Crippen LogP contribution is -2.19. The Balaban J connectivity index is 2.09. The van der Waals surface area contributed by atoms with Gasteiger partial charge in [-0.3, -0.25) is 0 Å². The molecule has 0 atom stereocenters. The molecular weight excluding hydrogens is 328 g/mol. The number of nitrogens with zero attached hydrogens (tertiary/aromatic N) is 4. The molecule has 0 fully saturated rings. The van der Waals surface area contributed by atoms with Crippen LogP contribution in [0.3, 0.4) is 0 Å². The van der Waals surface area contributed by atoms with Crippen molar-refractivity contribution in [3.63, 3.8) is 0 Å². The number of methoxy groups -OCH3 is 1. The second-order valence-electron chi connectivity index (χ2n) is 5.61. The van der Waals surface area contributed by atoms with Crippen molar-refractivity contribution >= 4 is 33.3 Å². The topological polar surface area (TPSA) is 81.4 Å². The molecule has 3 aromatic heterocycles. The molecule has 3 aromatic rings. The molecule has 0 N–H and O–H groups in total. The van der Waals surface area contributed by atoms with Gasteiger partial charge in [0.2, 0.25) is 0 Å². The number of anilines is 1. The van der Waals surface area contributed by atoms with Crippen molar-refractivity contribution in [2.75, 3.05) is 19.1 Å². The molecule has 0 amide bonds. The zero-order valence-corrected chi connectivity index (χ0v) is 15.0. The van der Waals surface area contributed by atoms with E-state index in [4.69, 9.17) is 9.26 Å². The zero-order chi connectivity index (χ0) is 17.4. The summed E-state index contributed by atoms with van der Waals surface area (Å²) >= 11 is 1.33. The molecule has 0 unspecified atom stereocenters. The zero-order valence-electron chi connectivity index (χ0n) is 14.2. The van der Waals surface area contributed by atoms with Gasteiger partial charge in [0.15, 0.2) is 0 Å². The van der Waals surface area contributed by atoms with Gasteiger partial charge in [0.05, 0.1) is 19.0 Å². The normalized spacial score (nSPS) is 11.0. The monoisotopic (exact) mass is 346 g/mol. The van der Waals surface area contributed by atoms with Crippen molar-refractivity contribution in [1.82, 2.24) is 15.1 Å². The highest BCUT2D eigenvalue weighted by Crippen LogP contribution is 2.35. The van der Waals surface area contributed by atoms with E-state index in [-0.39, 0.29) is 5.97 Å². The minimum absolute atomic E-state index is 0.353. The quantitative estimate of drug-likeness (QED) is 0.672. The van der Waals surface area contributed by atoms with E-state index in [1.54, 1.807) is 0 Å². The Hall–Kier alpha value is -2.48. The SMILES string of the molecule is COC(=O)c1sc2nc(C)nc(N(C)Cc3cc(C)on3)c2c1C. The summed E-state index contributed by atoms with van der Waals surface area (Å²) in [6.07, 6.45) is 0. The minimum Gasteiger partial charge on any atom is -0.465 e. The average Bonchev–Trinajstić information content (AvgIpc) is 3.09. The van der Waals surface area contributed by atoms with Gasteiger partial charge in [-0.25, -0.2) is 14.8 Å². The van der Waals surface area contributed by atoms with E-state index < -0.39 is 0 Å². The van der Waals surface area contributed by atoms with Crippen LogP contribution < -0.4 is 4.90 Å². The molecule has 0 bridgehead atoms. The van der Waals surface area contributed by atoms with Gasteiger partial charge in [-0.05, 0) is 26.3 Å². The van der Waals surface area contributed by atoms with E-state index in [2.05, 4.69) is 15.1 Å². The molecule has 8 heteroatoms. The lowest BCUT2D eigenvalue weighted by atomic mass is 10.2. The van der Waals surface area contributed by atoms with E-state index >= 15 is 0 Å². The van der Waals surface area contributed by atoms with Crippen molar-refractivity contribution in [3.05, 3.63) is 33.8 Å². The standard InChI is InChI=1S/C16H18N4O3S/c1-8-6-11(19-23-8)7-20(4)14-12-9(2)13(16(21)22-5)24-15(12)18-10(3)17-14/h6H,7H2,1-5H3. The van der Waals surface area contributed by atoms with Crippen LogP contribution in [-0.2, 0) is 11.3 Å². The van der Waals surface area contributed by atoms with Crippen LogP contribution >= 0.6 is 11.3 Å². The maximum atomic E-state index is 12.0. The van der Waals surface area contributed by atoms with Crippen LogP contribution in [0.1, 0.15) is 32.5 Å². The van der Waals surface area contributed by atoms with E-state index in [0.29, 0.717) is 17.2 Å². The Morgan fingerprint density at radius 1 is 1.33 bits per heavy atom. The van der Waals surface area contributed by atoms with Gasteiger partial charge < -0.3 is 14.2 Å². The summed E-state index contributed by atoms with van der Waals surface area (Å²) in [4.78, 5) is 24.3. The molecule has 0 saturated carbocycles. The second kappa shape index (κ2) is 6.20. The third-order valence-electron chi connectivity index (χ3n) is 3.69. The first-order valence-electron chi connectivity index (χ1n) is 7.40. The van der Waals surface area contributed by atoms with E-state index in [1.807, 2.05) is 38.8 Å². The maximum Gasteiger partial charge on any atom is 0.348 e. The summed E-state index contributed by atoms with van der Waals surface area (Å²) in [5.74, 6) is 1.83. The number of thiophene rings is 1. The number of carbonyl (C=O) groups excluding carboxylic acids is 1. The number of hydrogen-bond acceptors (Lipinski definition) is 8. The molecule has 3 rings (SSSR count). The molecule has 24 heavy (non-hydrogen) atoms. The fourth-order valence-electron chi connectivity index (χ4n) is 2.60. The highest BCUT2D eigenvalue weighted by Gasteiger charge is 2.22. The van der Waals surface area contributed by atoms with Crippen LogP contribution in [0.15, 0.2) is 10.6 Å². The van der Waals surface area contributed by atoms with Crippen LogP contribution in [0.4, 0.5) is 5.82 Å². The molecular formula is C16H18N4O3S. The van der Waals surface area contributed by atoms with Crippen molar-refractivity contribution in [1.29, 1.82) is 0 Å². The van der Waals surface area contributed by atoms with Gasteiger partial charge in [-0.1, -0.05) is 5.16 Å². The van der Waals surface area contributed by atoms with Crippen LogP contribution in [0, 0.1) is 20.8 Å². The number of carbonyl (C=O) groups is 1. The number of aromatic nitrogens is 3. The molecule has 0 aromatic carbocycles. The van der Waals surface area contributed by atoms with Crippen LogP contribution in [0.2, 0.25) is 0 Å². The highest BCUT2D eigenvalue weighted by atomic mass is 32.1. The van der Waals surface area contributed by atoms with Gasteiger partial charge in [-0.2, -0.15) is 0 Å². The lowest BCUT2D eigenvalue weighted by molar-refractivity contribution is 0.0605. The van der Waals surface area contributed by atoms with Crippen LogP contribution in [0.5, 0.6) is 0 Å². The molecule has 0 aliphatic rings. The summed E-state index contributed by atoms with van der Waals surface area (Å²) in [6, 6.07) is 1.89. The summed E-state index contributed by atoms with van der Waals surface area (Å²) in [5, 5.41) is 4.89. The average molecular weight is 346 g/mol. The summed E-state index contributed by atoms with van der Waals surface area (Å²) < 4.78 is 9.98. The van der Waals surface area contributed by atoms with Gasteiger partial charge in [-0.15, -0.1) is 11.3 Å². The van der Waals surface area contributed by atoms with Crippen molar-refractivity contribution in [2.45, 2.75) is 27.3 Å². The van der Waals surface area contributed by atoms with Gasteiger partial charge >= 0.3 is 5.97 Å². The Morgan fingerprint density at radius 3 is 2.71 bits per heavy atom. The van der Waals surface area contributed by atoms with Crippen molar-refractivity contribution < 1.29 is 14.1 Å². The second-order valence-corrected chi connectivity index (χ2v) is 6.61. The molecule has 0 aliphatic heterocycles. The smallest absolute Gasteiger partial charge is 0.348 e. The van der Waals surface area contributed by atoms with E-state index in [1.165, 1.54) is 18.4 Å². The largest absolute Gasteiger partial charge is 0.465 e. The molecule has 3 heterocycles. The number of rotatable bonds is 4. The molecule has 0 saturated heterocycles. The fourth-order valence-corrected chi connectivity index (χ4v) is 3.73. The predicted octanol–water partition coefficient (Wildman–Crippen LogP) is 3.03. The van der Waals surface area contributed by atoms with Gasteiger partial charge in [0.25, 0.3) is 0 Å². The molecule has 0 aliphatic carbocycles. The van der Waals surface area contributed by atoms with Crippen molar-refractivity contribution in [2.24, 2.45) is 0 Å². The Labute approximate surface area is 143 Å². The number of hydrogen-bond donors (Lipinski definition) is 0. The van der Waals surface area contributed by atoms with Gasteiger partial charge in [0, 0.05) is 13.1 Å². The predicted molar refractivity (Wildman–Crippen MR) is 91.6 cm³/mol. The first-order chi connectivity index (χ1) is 11.4. The van der Waals surface area contributed by atoms with E-state index in [0.717, 1.165) is 33.1 Å². The first-order valence-corrected chi connectivity index (χ1v) is 8.21. The summed E-state index contributed by atoms with van der Waals surface area (Å²) in [5.41, 5.74) is 1.65. The van der Waals surface area contributed by atoms with E-state index in [9.17, 15) is 4.79 Å². The summed E-state index contributed by atoms with van der Waals surface area (Å²) in [6.45, 7) is 6.13. The Bertz CT molecular complexity index is 916. The van der Waals surface area contributed by atoms with Crippen LogP contribution in [0.25, 0.3) is 10.2 Å². The Kier molecular flexibility index (Phi) is 4.23. The molecule has 126 valence electrons. The number of fused-ring (bicyclic) bond motifs is 1. The number of aryl methyl sites for hydroxylation is 3. The highest BCUT2D eigenvalue weighted by molar-refractivity contribution is 7.20. The first kappa shape index (κ1) is 16.4.